The lowest BCUT2D eigenvalue weighted by atomic mass is 9.99. The number of fused-ring (bicyclic) bond motifs is 2. The van der Waals surface area contributed by atoms with Gasteiger partial charge in [0.1, 0.15) is 11.2 Å². The smallest absolute Gasteiger partial charge is 0.435 e. The molecule has 3 aromatic heterocycles. The van der Waals surface area contributed by atoms with Crippen LogP contribution in [0.25, 0.3) is 28.3 Å². The molecule has 0 saturated heterocycles. The van der Waals surface area contributed by atoms with Crippen molar-refractivity contribution in [2.45, 2.75) is 40.6 Å². The number of sulfone groups is 1. The summed E-state index contributed by atoms with van der Waals surface area (Å²) in [6.45, 7) is 1.49. The van der Waals surface area contributed by atoms with Crippen molar-refractivity contribution < 1.29 is 26.0 Å². The first-order valence-electron chi connectivity index (χ1n) is 9.88. The van der Waals surface area contributed by atoms with Crippen LogP contribution in [0.5, 0.6) is 0 Å². The number of hydrogen-bond acceptors (Lipinski definition) is 7. The number of hydrogen-bond donors (Lipinski definition) is 0. The summed E-state index contributed by atoms with van der Waals surface area (Å²) < 4.78 is 71.1. The Morgan fingerprint density at radius 3 is 2.64 bits per heavy atom. The topological polar surface area (TPSA) is 101 Å². The Morgan fingerprint density at radius 1 is 1.24 bits per heavy atom. The Bertz CT molecular complexity index is 1560. The van der Waals surface area contributed by atoms with Crippen molar-refractivity contribution in [1.29, 1.82) is 5.26 Å². The molecule has 4 aromatic rings. The molecular formula is C21H15F3N4O3S2. The highest BCUT2D eigenvalue weighted by atomic mass is 32.2. The number of pyridine rings is 1. The van der Waals surface area contributed by atoms with E-state index in [-0.39, 0.29) is 50.1 Å². The van der Waals surface area contributed by atoms with Crippen LogP contribution in [0.1, 0.15) is 25.3 Å². The maximum atomic E-state index is 12.9. The number of imidazole rings is 1. The van der Waals surface area contributed by atoms with E-state index >= 15 is 0 Å². The van der Waals surface area contributed by atoms with Crippen molar-refractivity contribution in [3.8, 4) is 17.7 Å². The summed E-state index contributed by atoms with van der Waals surface area (Å²) in [5.74, 6) is -0.317. The Labute approximate surface area is 190 Å². The van der Waals surface area contributed by atoms with Crippen molar-refractivity contribution in [3.05, 3.63) is 42.1 Å². The van der Waals surface area contributed by atoms with Gasteiger partial charge < -0.3 is 4.42 Å². The van der Waals surface area contributed by atoms with Crippen LogP contribution in [0.3, 0.4) is 0 Å². The third-order valence-corrected chi connectivity index (χ3v) is 8.03. The maximum Gasteiger partial charge on any atom is 0.446 e. The summed E-state index contributed by atoms with van der Waals surface area (Å²) in [6.07, 6.45) is 3.00. The predicted octanol–water partition coefficient (Wildman–Crippen LogP) is 5.10. The van der Waals surface area contributed by atoms with Crippen molar-refractivity contribution in [2.24, 2.45) is 0 Å². The van der Waals surface area contributed by atoms with Gasteiger partial charge in [-0.2, -0.15) is 18.4 Å². The molecule has 12 heteroatoms. The van der Waals surface area contributed by atoms with Crippen LogP contribution in [0.4, 0.5) is 13.2 Å². The molecule has 0 aliphatic heterocycles. The first kappa shape index (κ1) is 21.8. The number of aromatic nitrogens is 3. The number of nitrogens with zero attached hydrogens (tertiary/aromatic N) is 4. The average Bonchev–Trinajstić information content (AvgIpc) is 3.29. The highest BCUT2D eigenvalue weighted by molar-refractivity contribution is 8.00. The monoisotopic (exact) mass is 492 g/mol. The summed E-state index contributed by atoms with van der Waals surface area (Å²) in [5, 5.41) is 9.37. The zero-order valence-electron chi connectivity index (χ0n) is 17.0. The van der Waals surface area contributed by atoms with Gasteiger partial charge in [-0.15, -0.1) is 0 Å². The van der Waals surface area contributed by atoms with E-state index in [9.17, 15) is 26.9 Å². The minimum absolute atomic E-state index is 0.0305. The molecule has 0 atom stereocenters. The first-order chi connectivity index (χ1) is 15.5. The number of nitriles is 1. The standard InChI is InChI=1S/C21H15F3N4O3S2/c1-2-33(29,30)19-17(27-16-9-12(5-8-28(16)19)20(11-25)6-7-20)18-26-14-10-13(32-21(22,23)24)3-4-15(14)31-18/h3-5,8-10H,2,6-7H2,1H3. The molecule has 1 aliphatic carbocycles. The lowest BCUT2D eigenvalue weighted by Gasteiger charge is -2.07. The van der Waals surface area contributed by atoms with Gasteiger partial charge in [-0.3, -0.25) is 4.40 Å². The Morgan fingerprint density at radius 2 is 2.00 bits per heavy atom. The van der Waals surface area contributed by atoms with Crippen molar-refractivity contribution in [2.75, 3.05) is 5.75 Å². The van der Waals surface area contributed by atoms with Crippen LogP contribution in [0, 0.1) is 11.3 Å². The van der Waals surface area contributed by atoms with E-state index in [1.54, 1.807) is 18.3 Å². The number of alkyl halides is 3. The average molecular weight is 493 g/mol. The largest absolute Gasteiger partial charge is 0.446 e. The van der Waals surface area contributed by atoms with Crippen molar-refractivity contribution in [3.63, 3.8) is 0 Å². The summed E-state index contributed by atoms with van der Waals surface area (Å²) in [5.41, 5.74) is -3.65. The molecule has 1 aromatic carbocycles. The van der Waals surface area contributed by atoms with Crippen molar-refractivity contribution >= 4 is 38.3 Å². The quantitative estimate of drug-likeness (QED) is 0.357. The van der Waals surface area contributed by atoms with E-state index < -0.39 is 20.8 Å². The fourth-order valence-electron chi connectivity index (χ4n) is 3.69. The van der Waals surface area contributed by atoms with Crippen LogP contribution in [0.2, 0.25) is 0 Å². The Balaban J connectivity index is 1.69. The van der Waals surface area contributed by atoms with E-state index in [0.29, 0.717) is 5.65 Å². The van der Waals surface area contributed by atoms with Crippen LogP contribution in [0.15, 0.2) is 50.9 Å². The van der Waals surface area contributed by atoms with Gasteiger partial charge in [0.2, 0.25) is 5.89 Å². The summed E-state index contributed by atoms with van der Waals surface area (Å²) >= 11 is -0.276. The third-order valence-electron chi connectivity index (χ3n) is 5.57. The Hall–Kier alpha value is -3.04. The predicted molar refractivity (Wildman–Crippen MR) is 114 cm³/mol. The maximum absolute atomic E-state index is 12.9. The molecular weight excluding hydrogens is 477 g/mol. The minimum atomic E-state index is -4.45. The molecule has 0 unspecified atom stereocenters. The second kappa shape index (κ2) is 7.23. The molecule has 33 heavy (non-hydrogen) atoms. The summed E-state index contributed by atoms with van der Waals surface area (Å²) in [7, 11) is -3.79. The summed E-state index contributed by atoms with van der Waals surface area (Å²) in [4.78, 5) is 8.61. The van der Waals surface area contributed by atoms with E-state index in [0.717, 1.165) is 18.4 Å². The third kappa shape index (κ3) is 3.75. The van der Waals surface area contributed by atoms with Crippen LogP contribution >= 0.6 is 11.8 Å². The number of halogens is 3. The van der Waals surface area contributed by atoms with Crippen LogP contribution in [-0.4, -0.2) is 34.0 Å². The Kier molecular flexibility index (Phi) is 4.77. The van der Waals surface area contributed by atoms with Crippen LogP contribution in [-0.2, 0) is 15.3 Å². The van der Waals surface area contributed by atoms with Gasteiger partial charge in [0, 0.05) is 11.1 Å². The van der Waals surface area contributed by atoms with Gasteiger partial charge in [0.15, 0.2) is 26.1 Å². The van der Waals surface area contributed by atoms with E-state index in [4.69, 9.17) is 4.42 Å². The zero-order valence-corrected chi connectivity index (χ0v) is 18.7. The molecule has 5 rings (SSSR count). The van der Waals surface area contributed by atoms with Gasteiger partial charge in [0.25, 0.3) is 0 Å². The number of thioether (sulfide) groups is 1. The number of oxazole rings is 1. The highest BCUT2D eigenvalue weighted by Crippen LogP contribution is 2.48. The first-order valence-corrected chi connectivity index (χ1v) is 12.4. The lowest BCUT2D eigenvalue weighted by Crippen LogP contribution is -2.09. The number of rotatable bonds is 5. The highest BCUT2D eigenvalue weighted by Gasteiger charge is 2.45. The molecule has 0 radical (unpaired) electrons. The molecule has 1 saturated carbocycles. The SMILES string of the molecule is CCS(=O)(=O)c1c(-c2nc3cc(SC(F)(F)F)ccc3o2)nc2cc(C3(C#N)CC3)ccn12. The molecule has 7 nitrogen and oxygen atoms in total. The van der Waals surface area contributed by atoms with Gasteiger partial charge in [-0.1, -0.05) is 6.92 Å². The van der Waals surface area contributed by atoms with E-state index in [1.165, 1.54) is 29.5 Å². The van der Waals surface area contributed by atoms with Gasteiger partial charge >= 0.3 is 5.51 Å². The normalized spacial score (nSPS) is 15.7. The molecule has 1 aliphatic rings. The van der Waals surface area contributed by atoms with E-state index in [2.05, 4.69) is 16.0 Å². The molecule has 1 fully saturated rings. The summed E-state index contributed by atoms with van der Waals surface area (Å²) in [6, 6.07) is 9.52. The fourth-order valence-corrected chi connectivity index (χ4v) is 5.42. The molecule has 0 amide bonds. The number of benzene rings is 1. The molecule has 0 bridgehead atoms. The second-order valence-electron chi connectivity index (χ2n) is 7.70. The molecule has 3 heterocycles. The fraction of sp³-hybridized carbons (Fsp3) is 0.286. The second-order valence-corrected chi connectivity index (χ2v) is 11.0. The van der Waals surface area contributed by atoms with Gasteiger partial charge in [-0.05, 0) is 60.5 Å². The van der Waals surface area contributed by atoms with Gasteiger partial charge in [-0.25, -0.2) is 18.4 Å². The van der Waals surface area contributed by atoms with Gasteiger partial charge in [0.05, 0.1) is 17.2 Å². The van der Waals surface area contributed by atoms with E-state index in [1.807, 2.05) is 0 Å². The molecule has 0 N–H and O–H groups in total. The minimum Gasteiger partial charge on any atom is -0.435 e. The zero-order chi connectivity index (χ0) is 23.6. The molecule has 170 valence electrons. The van der Waals surface area contributed by atoms with Crippen molar-refractivity contribution in [1.82, 2.24) is 14.4 Å². The lowest BCUT2D eigenvalue weighted by molar-refractivity contribution is -0.0328. The van der Waals surface area contributed by atoms with Crippen LogP contribution < -0.4 is 0 Å². The molecule has 0 spiro atoms.